The number of pyridine rings is 1. The number of fused-ring (bicyclic) bond motifs is 1. The molecular formula is C19H27N5. The van der Waals surface area contributed by atoms with E-state index in [1.54, 1.807) is 0 Å². The molecule has 0 atom stereocenters. The highest BCUT2D eigenvalue weighted by Crippen LogP contribution is 2.45. The van der Waals surface area contributed by atoms with Gasteiger partial charge in [-0.05, 0) is 36.8 Å². The van der Waals surface area contributed by atoms with Gasteiger partial charge in [0.25, 0.3) is 0 Å². The lowest BCUT2D eigenvalue weighted by Crippen LogP contribution is -2.41. The van der Waals surface area contributed by atoms with E-state index >= 15 is 0 Å². The maximum atomic E-state index is 4.66. The number of rotatable bonds is 3. The molecule has 0 unspecified atom stereocenters. The van der Waals surface area contributed by atoms with Crippen LogP contribution in [0.25, 0.3) is 5.65 Å². The number of guanidine groups is 1. The van der Waals surface area contributed by atoms with Crippen LogP contribution in [-0.2, 0) is 6.42 Å². The summed E-state index contributed by atoms with van der Waals surface area (Å²) in [5.41, 5.74) is 2.72. The van der Waals surface area contributed by atoms with E-state index in [9.17, 15) is 0 Å². The van der Waals surface area contributed by atoms with Crippen molar-refractivity contribution in [1.29, 1.82) is 0 Å². The first-order valence-electron chi connectivity index (χ1n) is 9.16. The largest absolute Gasteiger partial charge is 0.356 e. The van der Waals surface area contributed by atoms with Crippen LogP contribution in [0.5, 0.6) is 0 Å². The molecule has 0 bridgehead atoms. The van der Waals surface area contributed by atoms with Crippen molar-refractivity contribution in [2.75, 3.05) is 26.7 Å². The average molecular weight is 325 g/mol. The Hall–Kier alpha value is -2.04. The molecule has 1 saturated heterocycles. The zero-order valence-electron chi connectivity index (χ0n) is 14.5. The van der Waals surface area contributed by atoms with Crippen molar-refractivity contribution in [3.05, 3.63) is 36.3 Å². The SMILES string of the molecule is CN=C(NCCc1cn2ccccc2n1)N1CCC2(CCCC2)C1. The number of hydrogen-bond donors (Lipinski definition) is 1. The molecule has 0 amide bonds. The summed E-state index contributed by atoms with van der Waals surface area (Å²) < 4.78 is 2.08. The van der Waals surface area contributed by atoms with Crippen molar-refractivity contribution in [1.82, 2.24) is 19.6 Å². The molecule has 1 N–H and O–H groups in total. The monoisotopic (exact) mass is 325 g/mol. The Kier molecular flexibility index (Phi) is 4.17. The Labute approximate surface area is 143 Å². The van der Waals surface area contributed by atoms with Gasteiger partial charge in [-0.25, -0.2) is 4.98 Å². The summed E-state index contributed by atoms with van der Waals surface area (Å²) in [5, 5.41) is 3.54. The lowest BCUT2D eigenvalue weighted by atomic mass is 9.86. The quantitative estimate of drug-likeness (QED) is 0.697. The fourth-order valence-electron chi connectivity index (χ4n) is 4.39. The molecule has 1 spiro atoms. The minimum Gasteiger partial charge on any atom is -0.356 e. The molecule has 2 fully saturated rings. The second kappa shape index (κ2) is 6.46. The molecule has 3 heterocycles. The molecule has 5 nitrogen and oxygen atoms in total. The van der Waals surface area contributed by atoms with Gasteiger partial charge in [-0.15, -0.1) is 0 Å². The summed E-state index contributed by atoms with van der Waals surface area (Å²) in [4.78, 5) is 11.6. The van der Waals surface area contributed by atoms with Gasteiger partial charge in [-0.1, -0.05) is 18.9 Å². The Balaban J connectivity index is 1.32. The fraction of sp³-hybridized carbons (Fsp3) is 0.579. The fourth-order valence-corrected chi connectivity index (χ4v) is 4.39. The summed E-state index contributed by atoms with van der Waals surface area (Å²) in [7, 11) is 1.90. The number of hydrogen-bond acceptors (Lipinski definition) is 2. The lowest BCUT2D eigenvalue weighted by molar-refractivity contribution is 0.309. The Morgan fingerprint density at radius 1 is 1.29 bits per heavy atom. The van der Waals surface area contributed by atoms with E-state index < -0.39 is 0 Å². The van der Waals surface area contributed by atoms with Crippen LogP contribution in [0.3, 0.4) is 0 Å². The number of nitrogens with one attached hydrogen (secondary N) is 1. The first-order chi connectivity index (χ1) is 11.8. The van der Waals surface area contributed by atoms with E-state index in [-0.39, 0.29) is 0 Å². The van der Waals surface area contributed by atoms with Crippen LogP contribution >= 0.6 is 0 Å². The van der Waals surface area contributed by atoms with E-state index in [0.29, 0.717) is 5.41 Å². The lowest BCUT2D eigenvalue weighted by Gasteiger charge is -2.25. The molecule has 2 aromatic heterocycles. The van der Waals surface area contributed by atoms with E-state index in [4.69, 9.17) is 0 Å². The summed E-state index contributed by atoms with van der Waals surface area (Å²) >= 11 is 0. The standard InChI is InChI=1S/C19H27N5/c1-20-18(24-13-10-19(15-24)8-3-4-9-19)21-11-7-16-14-23-12-5-2-6-17(23)22-16/h2,5-6,12,14H,3-4,7-11,13,15H2,1H3,(H,20,21). The minimum atomic E-state index is 0.583. The second-order valence-corrected chi connectivity index (χ2v) is 7.30. The highest BCUT2D eigenvalue weighted by atomic mass is 15.3. The van der Waals surface area contributed by atoms with Crippen LogP contribution in [0.1, 0.15) is 37.8 Å². The van der Waals surface area contributed by atoms with Crippen LogP contribution in [0.15, 0.2) is 35.6 Å². The third-order valence-electron chi connectivity index (χ3n) is 5.69. The normalized spacial score (nSPS) is 20.4. The molecule has 1 aliphatic carbocycles. The molecule has 4 rings (SSSR count). The first-order valence-corrected chi connectivity index (χ1v) is 9.16. The van der Waals surface area contributed by atoms with Gasteiger partial charge in [0, 0.05) is 45.5 Å². The molecule has 0 radical (unpaired) electrons. The Morgan fingerprint density at radius 3 is 2.96 bits per heavy atom. The van der Waals surface area contributed by atoms with Crippen molar-refractivity contribution >= 4 is 11.6 Å². The minimum absolute atomic E-state index is 0.583. The Bertz CT molecular complexity index is 693. The predicted octanol–water partition coefficient (Wildman–Crippen LogP) is 2.72. The number of aromatic nitrogens is 2. The molecule has 2 aliphatic rings. The number of imidazole rings is 1. The maximum Gasteiger partial charge on any atom is 0.193 e. The van der Waals surface area contributed by atoms with Gasteiger partial charge in [0.1, 0.15) is 5.65 Å². The number of aliphatic imine (C=N–C) groups is 1. The smallest absolute Gasteiger partial charge is 0.193 e. The van der Waals surface area contributed by atoms with Crippen LogP contribution in [-0.4, -0.2) is 46.9 Å². The molecule has 2 aromatic rings. The molecular weight excluding hydrogens is 298 g/mol. The third kappa shape index (κ3) is 2.99. The Morgan fingerprint density at radius 2 is 2.17 bits per heavy atom. The van der Waals surface area contributed by atoms with Gasteiger partial charge in [0.2, 0.25) is 0 Å². The van der Waals surface area contributed by atoms with Gasteiger partial charge >= 0.3 is 0 Å². The molecule has 128 valence electrons. The highest BCUT2D eigenvalue weighted by Gasteiger charge is 2.40. The zero-order chi connectivity index (χ0) is 16.4. The molecule has 24 heavy (non-hydrogen) atoms. The molecule has 5 heteroatoms. The molecule has 1 aliphatic heterocycles. The zero-order valence-corrected chi connectivity index (χ0v) is 14.5. The van der Waals surface area contributed by atoms with E-state index in [2.05, 4.69) is 30.8 Å². The topological polar surface area (TPSA) is 44.9 Å². The first kappa shape index (κ1) is 15.5. The van der Waals surface area contributed by atoms with Crippen molar-refractivity contribution < 1.29 is 0 Å². The van der Waals surface area contributed by atoms with Crippen LogP contribution in [0.4, 0.5) is 0 Å². The van der Waals surface area contributed by atoms with Gasteiger partial charge in [0.15, 0.2) is 5.96 Å². The van der Waals surface area contributed by atoms with Gasteiger partial charge in [-0.3, -0.25) is 4.99 Å². The predicted molar refractivity (Wildman–Crippen MR) is 97.3 cm³/mol. The van der Waals surface area contributed by atoms with Crippen molar-refractivity contribution in [3.8, 4) is 0 Å². The number of likely N-dealkylation sites (tertiary alicyclic amines) is 1. The summed E-state index contributed by atoms with van der Waals surface area (Å²) in [6.45, 7) is 3.20. The summed E-state index contributed by atoms with van der Waals surface area (Å²) in [5.74, 6) is 1.06. The number of nitrogens with zero attached hydrogens (tertiary/aromatic N) is 4. The van der Waals surface area contributed by atoms with E-state index in [1.807, 2.05) is 31.4 Å². The van der Waals surface area contributed by atoms with Gasteiger partial charge in [-0.2, -0.15) is 0 Å². The maximum absolute atomic E-state index is 4.66. The van der Waals surface area contributed by atoms with Crippen LogP contribution in [0, 0.1) is 5.41 Å². The summed E-state index contributed by atoms with van der Waals surface area (Å²) in [6.07, 6.45) is 12.0. The highest BCUT2D eigenvalue weighted by molar-refractivity contribution is 5.80. The van der Waals surface area contributed by atoms with Crippen molar-refractivity contribution in [3.63, 3.8) is 0 Å². The summed E-state index contributed by atoms with van der Waals surface area (Å²) in [6, 6.07) is 6.10. The van der Waals surface area contributed by atoms with Crippen LogP contribution in [0.2, 0.25) is 0 Å². The third-order valence-corrected chi connectivity index (χ3v) is 5.69. The second-order valence-electron chi connectivity index (χ2n) is 7.30. The molecule has 1 saturated carbocycles. The van der Waals surface area contributed by atoms with Gasteiger partial charge < -0.3 is 14.6 Å². The van der Waals surface area contributed by atoms with E-state index in [1.165, 1.54) is 38.6 Å². The van der Waals surface area contributed by atoms with Crippen molar-refractivity contribution in [2.45, 2.75) is 38.5 Å². The van der Waals surface area contributed by atoms with Crippen molar-refractivity contribution in [2.24, 2.45) is 10.4 Å². The average Bonchev–Trinajstić information content (AvgIpc) is 3.32. The van der Waals surface area contributed by atoms with Crippen LogP contribution < -0.4 is 5.32 Å². The molecule has 0 aromatic carbocycles. The van der Waals surface area contributed by atoms with E-state index in [0.717, 1.165) is 36.8 Å². The van der Waals surface area contributed by atoms with Gasteiger partial charge in [0.05, 0.1) is 5.69 Å².